The molecule has 2 atom stereocenters. The topological polar surface area (TPSA) is 63.2 Å². The van der Waals surface area contributed by atoms with Gasteiger partial charge in [-0.2, -0.15) is 15.0 Å². The first-order valence-electron chi connectivity index (χ1n) is 6.38. The molecule has 0 saturated carbocycles. The molecule has 0 aromatic carbocycles. The Labute approximate surface area is 108 Å². The summed E-state index contributed by atoms with van der Waals surface area (Å²) in [6.45, 7) is 5.45. The van der Waals surface area contributed by atoms with Gasteiger partial charge in [0.25, 0.3) is 0 Å². The maximum Gasteiger partial charge on any atom is 0.322 e. The van der Waals surface area contributed by atoms with E-state index in [4.69, 9.17) is 4.74 Å². The third kappa shape index (κ3) is 2.63. The van der Waals surface area contributed by atoms with E-state index in [9.17, 15) is 0 Å². The Morgan fingerprint density at radius 2 is 2.00 bits per heavy atom. The second-order valence-electron chi connectivity index (χ2n) is 4.88. The molecule has 1 aliphatic heterocycles. The van der Waals surface area contributed by atoms with Gasteiger partial charge in [-0.25, -0.2) is 0 Å². The number of ether oxygens (including phenoxy) is 1. The first-order valence-corrected chi connectivity index (χ1v) is 6.38. The van der Waals surface area contributed by atoms with Crippen LogP contribution in [-0.4, -0.2) is 41.7 Å². The van der Waals surface area contributed by atoms with E-state index in [1.165, 1.54) is 12.8 Å². The number of piperidine rings is 1. The molecule has 18 heavy (non-hydrogen) atoms. The Hall–Kier alpha value is -1.59. The van der Waals surface area contributed by atoms with Crippen molar-refractivity contribution in [1.82, 2.24) is 15.0 Å². The molecule has 2 unspecified atom stereocenters. The first-order chi connectivity index (χ1) is 8.63. The quantitative estimate of drug-likeness (QED) is 0.879. The highest BCUT2D eigenvalue weighted by atomic mass is 16.5. The van der Waals surface area contributed by atoms with Crippen LogP contribution in [0, 0.1) is 5.92 Å². The molecule has 0 radical (unpaired) electrons. The SMILES string of the molecule is CNc1nc(OC)nc(N2CC(C)CCC2C)n1. The normalized spacial score (nSPS) is 23.9. The van der Waals surface area contributed by atoms with Gasteiger partial charge in [-0.3, -0.25) is 0 Å². The largest absolute Gasteiger partial charge is 0.467 e. The minimum absolute atomic E-state index is 0.356. The van der Waals surface area contributed by atoms with E-state index in [2.05, 4.69) is 39.0 Å². The standard InChI is InChI=1S/C12H21N5O/c1-8-5-6-9(2)17(7-8)11-14-10(13-3)15-12(16-11)18-4/h8-9H,5-7H2,1-4H3,(H,13,14,15,16). The number of nitrogens with zero attached hydrogens (tertiary/aromatic N) is 4. The monoisotopic (exact) mass is 251 g/mol. The van der Waals surface area contributed by atoms with Gasteiger partial charge >= 0.3 is 6.01 Å². The van der Waals surface area contributed by atoms with Crippen LogP contribution in [0.15, 0.2) is 0 Å². The molecule has 100 valence electrons. The van der Waals surface area contributed by atoms with Crippen LogP contribution in [0.3, 0.4) is 0 Å². The fraction of sp³-hybridized carbons (Fsp3) is 0.750. The molecule has 1 N–H and O–H groups in total. The van der Waals surface area contributed by atoms with Crippen molar-refractivity contribution in [3.05, 3.63) is 0 Å². The number of aromatic nitrogens is 3. The second kappa shape index (κ2) is 5.37. The van der Waals surface area contributed by atoms with Crippen molar-refractivity contribution in [2.75, 3.05) is 30.9 Å². The molecule has 2 heterocycles. The van der Waals surface area contributed by atoms with Crippen LogP contribution in [-0.2, 0) is 0 Å². The fourth-order valence-corrected chi connectivity index (χ4v) is 2.24. The van der Waals surface area contributed by atoms with E-state index in [1.54, 1.807) is 14.2 Å². The van der Waals surface area contributed by atoms with Crippen LogP contribution < -0.4 is 15.0 Å². The minimum atomic E-state index is 0.356. The predicted molar refractivity (Wildman–Crippen MR) is 71.1 cm³/mol. The third-order valence-electron chi connectivity index (χ3n) is 3.38. The zero-order valence-electron chi connectivity index (χ0n) is 11.5. The summed E-state index contributed by atoms with van der Waals surface area (Å²) in [5.41, 5.74) is 0. The van der Waals surface area contributed by atoms with Crippen molar-refractivity contribution in [3.8, 4) is 6.01 Å². The number of methoxy groups -OCH3 is 1. The zero-order valence-corrected chi connectivity index (χ0v) is 11.5. The molecular formula is C12H21N5O. The zero-order chi connectivity index (χ0) is 13.1. The van der Waals surface area contributed by atoms with Crippen LogP contribution in [0.25, 0.3) is 0 Å². The Bertz CT molecular complexity index is 389. The highest BCUT2D eigenvalue weighted by Gasteiger charge is 2.25. The van der Waals surface area contributed by atoms with Crippen molar-refractivity contribution in [3.63, 3.8) is 0 Å². The highest BCUT2D eigenvalue weighted by molar-refractivity contribution is 5.39. The average molecular weight is 251 g/mol. The molecule has 0 bridgehead atoms. The number of hydrogen-bond donors (Lipinski definition) is 1. The molecule has 1 aliphatic rings. The molecular weight excluding hydrogens is 230 g/mol. The van der Waals surface area contributed by atoms with Gasteiger partial charge in [-0.05, 0) is 25.7 Å². The van der Waals surface area contributed by atoms with Gasteiger partial charge < -0.3 is 15.0 Å². The Kier molecular flexibility index (Phi) is 3.84. The summed E-state index contributed by atoms with van der Waals surface area (Å²) in [7, 11) is 3.36. The van der Waals surface area contributed by atoms with Gasteiger partial charge in [0.15, 0.2) is 0 Å². The summed E-state index contributed by atoms with van der Waals surface area (Å²) in [6.07, 6.45) is 2.43. The number of hydrogen-bond acceptors (Lipinski definition) is 6. The summed E-state index contributed by atoms with van der Waals surface area (Å²) >= 11 is 0. The van der Waals surface area contributed by atoms with E-state index >= 15 is 0 Å². The molecule has 1 aromatic heterocycles. The van der Waals surface area contributed by atoms with Crippen molar-refractivity contribution in [2.24, 2.45) is 5.92 Å². The van der Waals surface area contributed by atoms with Crippen LogP contribution in [0.4, 0.5) is 11.9 Å². The van der Waals surface area contributed by atoms with Gasteiger partial charge in [0.05, 0.1) is 7.11 Å². The van der Waals surface area contributed by atoms with Gasteiger partial charge in [0, 0.05) is 19.6 Å². The smallest absolute Gasteiger partial charge is 0.322 e. The van der Waals surface area contributed by atoms with E-state index < -0.39 is 0 Å². The lowest BCUT2D eigenvalue weighted by Gasteiger charge is -2.36. The molecule has 0 aliphatic carbocycles. The lowest BCUT2D eigenvalue weighted by atomic mass is 9.95. The second-order valence-corrected chi connectivity index (χ2v) is 4.88. The van der Waals surface area contributed by atoms with Gasteiger partial charge in [0.1, 0.15) is 0 Å². The first kappa shape index (κ1) is 12.9. The lowest BCUT2D eigenvalue weighted by molar-refractivity contribution is 0.367. The molecule has 6 heteroatoms. The van der Waals surface area contributed by atoms with Crippen molar-refractivity contribution >= 4 is 11.9 Å². The van der Waals surface area contributed by atoms with Crippen LogP contribution in [0.1, 0.15) is 26.7 Å². The number of anilines is 2. The maximum absolute atomic E-state index is 5.12. The van der Waals surface area contributed by atoms with Gasteiger partial charge in [-0.1, -0.05) is 6.92 Å². The van der Waals surface area contributed by atoms with Crippen molar-refractivity contribution in [1.29, 1.82) is 0 Å². The number of rotatable bonds is 3. The molecule has 2 rings (SSSR count). The van der Waals surface area contributed by atoms with Crippen LogP contribution in [0.5, 0.6) is 6.01 Å². The molecule has 1 fully saturated rings. The summed E-state index contributed by atoms with van der Waals surface area (Å²) in [5, 5.41) is 2.94. The van der Waals surface area contributed by atoms with E-state index in [1.807, 2.05) is 0 Å². The molecule has 0 spiro atoms. The average Bonchev–Trinajstić information content (AvgIpc) is 2.40. The van der Waals surface area contributed by atoms with E-state index in [0.29, 0.717) is 29.9 Å². The van der Waals surface area contributed by atoms with Gasteiger partial charge in [0.2, 0.25) is 11.9 Å². The summed E-state index contributed by atoms with van der Waals surface area (Å²) in [5.74, 6) is 1.91. The fourth-order valence-electron chi connectivity index (χ4n) is 2.24. The Morgan fingerprint density at radius 1 is 1.22 bits per heavy atom. The number of nitrogens with one attached hydrogen (secondary N) is 1. The Balaban J connectivity index is 2.30. The lowest BCUT2D eigenvalue weighted by Crippen LogP contribution is -2.42. The van der Waals surface area contributed by atoms with Crippen molar-refractivity contribution < 1.29 is 4.74 Å². The predicted octanol–water partition coefficient (Wildman–Crippen LogP) is 1.55. The molecule has 1 saturated heterocycles. The molecule has 1 aromatic rings. The summed E-state index contributed by atoms with van der Waals surface area (Å²) in [4.78, 5) is 15.1. The summed E-state index contributed by atoms with van der Waals surface area (Å²) < 4.78 is 5.12. The Morgan fingerprint density at radius 3 is 2.67 bits per heavy atom. The van der Waals surface area contributed by atoms with Crippen molar-refractivity contribution in [2.45, 2.75) is 32.7 Å². The van der Waals surface area contributed by atoms with Gasteiger partial charge in [-0.15, -0.1) is 0 Å². The van der Waals surface area contributed by atoms with E-state index in [0.717, 1.165) is 6.54 Å². The van der Waals surface area contributed by atoms with Crippen LogP contribution in [0.2, 0.25) is 0 Å². The summed E-state index contributed by atoms with van der Waals surface area (Å²) in [6, 6.07) is 0.813. The third-order valence-corrected chi connectivity index (χ3v) is 3.38. The maximum atomic E-state index is 5.12. The van der Waals surface area contributed by atoms with Crippen LogP contribution >= 0.6 is 0 Å². The highest BCUT2D eigenvalue weighted by Crippen LogP contribution is 2.26. The molecule has 6 nitrogen and oxygen atoms in total. The minimum Gasteiger partial charge on any atom is -0.467 e. The molecule has 0 amide bonds. The van der Waals surface area contributed by atoms with E-state index in [-0.39, 0.29) is 0 Å².